The lowest BCUT2D eigenvalue weighted by Gasteiger charge is -2.02. The Morgan fingerprint density at radius 1 is 1.18 bits per heavy atom. The summed E-state index contributed by atoms with van der Waals surface area (Å²) in [6, 6.07) is 0. The fourth-order valence-electron chi connectivity index (χ4n) is 1.12. The van der Waals surface area contributed by atoms with Crippen molar-refractivity contribution in [3.05, 3.63) is 12.2 Å². The second-order valence-corrected chi connectivity index (χ2v) is 3.27. The third-order valence-electron chi connectivity index (χ3n) is 1.84. The molecule has 0 aliphatic carbocycles. The van der Waals surface area contributed by atoms with Gasteiger partial charge in [0, 0.05) is 19.0 Å². The summed E-state index contributed by atoms with van der Waals surface area (Å²) < 4.78 is 9.50. The van der Waals surface area contributed by atoms with Gasteiger partial charge in [0.2, 0.25) is 0 Å². The molecule has 0 aliphatic rings. The van der Waals surface area contributed by atoms with Crippen LogP contribution in [0.5, 0.6) is 0 Å². The molecule has 0 aromatic heterocycles. The maximum absolute atomic E-state index is 11.0. The first-order chi connectivity index (χ1) is 8.20. The summed E-state index contributed by atoms with van der Waals surface area (Å²) in [5.41, 5.74) is 0. The van der Waals surface area contributed by atoms with Crippen molar-refractivity contribution >= 4 is 11.9 Å². The maximum Gasteiger partial charge on any atom is 0.330 e. The van der Waals surface area contributed by atoms with E-state index in [0.717, 1.165) is 6.42 Å². The van der Waals surface area contributed by atoms with Crippen molar-refractivity contribution in [3.63, 3.8) is 0 Å². The molecule has 0 aliphatic heterocycles. The van der Waals surface area contributed by atoms with Crippen LogP contribution < -0.4 is 5.32 Å². The molecule has 0 spiro atoms. The van der Waals surface area contributed by atoms with E-state index in [-0.39, 0.29) is 11.9 Å². The van der Waals surface area contributed by atoms with Crippen LogP contribution in [0.2, 0.25) is 0 Å². The summed E-state index contributed by atoms with van der Waals surface area (Å²) >= 11 is 0. The minimum Gasteiger partial charge on any atom is -0.466 e. The molecule has 0 saturated heterocycles. The van der Waals surface area contributed by atoms with E-state index in [9.17, 15) is 9.59 Å². The molecule has 0 aromatic rings. The Kier molecular flexibility index (Phi) is 10.2. The van der Waals surface area contributed by atoms with Crippen LogP contribution in [0.3, 0.4) is 0 Å². The smallest absolute Gasteiger partial charge is 0.330 e. The van der Waals surface area contributed by atoms with Crippen LogP contribution in [0.1, 0.15) is 26.7 Å². The first kappa shape index (κ1) is 15.6. The van der Waals surface area contributed by atoms with E-state index in [1.54, 1.807) is 19.9 Å². The lowest BCUT2D eigenvalue weighted by atomic mass is 10.3. The van der Waals surface area contributed by atoms with Crippen LogP contribution >= 0.6 is 0 Å². The molecule has 0 heterocycles. The second-order valence-electron chi connectivity index (χ2n) is 3.27. The molecule has 0 unspecified atom stereocenters. The number of carbonyl (C=O) groups is 2. The normalized spacial score (nSPS) is 10.5. The molecule has 98 valence electrons. The van der Waals surface area contributed by atoms with E-state index < -0.39 is 0 Å². The van der Waals surface area contributed by atoms with Gasteiger partial charge in [0.05, 0.1) is 13.2 Å². The average Bonchev–Trinajstić information content (AvgIpc) is 2.28. The quantitative estimate of drug-likeness (QED) is 0.372. The largest absolute Gasteiger partial charge is 0.466 e. The zero-order valence-corrected chi connectivity index (χ0v) is 10.5. The van der Waals surface area contributed by atoms with E-state index in [1.165, 1.54) is 6.08 Å². The molecule has 5 heteroatoms. The van der Waals surface area contributed by atoms with Crippen molar-refractivity contribution in [1.82, 2.24) is 5.32 Å². The van der Waals surface area contributed by atoms with Gasteiger partial charge in [-0.1, -0.05) is 6.08 Å². The average molecular weight is 243 g/mol. The van der Waals surface area contributed by atoms with Gasteiger partial charge in [-0.05, 0) is 26.8 Å². The summed E-state index contributed by atoms with van der Waals surface area (Å²) in [6.07, 6.45) is 4.23. The van der Waals surface area contributed by atoms with Gasteiger partial charge >= 0.3 is 11.9 Å². The van der Waals surface area contributed by atoms with Gasteiger partial charge in [-0.15, -0.1) is 0 Å². The van der Waals surface area contributed by atoms with Gasteiger partial charge < -0.3 is 14.8 Å². The van der Waals surface area contributed by atoms with Crippen LogP contribution in [-0.2, 0) is 19.1 Å². The molecule has 0 atom stereocenters. The maximum atomic E-state index is 11.0. The van der Waals surface area contributed by atoms with Crippen molar-refractivity contribution in [1.29, 1.82) is 0 Å². The van der Waals surface area contributed by atoms with Crippen LogP contribution in [0.15, 0.2) is 12.2 Å². The summed E-state index contributed by atoms with van der Waals surface area (Å²) in [6.45, 7) is 5.66. The number of nitrogens with one attached hydrogen (secondary N) is 1. The molecular formula is C12H21NO4. The van der Waals surface area contributed by atoms with E-state index in [0.29, 0.717) is 32.7 Å². The molecule has 17 heavy (non-hydrogen) atoms. The molecule has 0 saturated carbocycles. The Morgan fingerprint density at radius 2 is 1.88 bits per heavy atom. The Balaban J connectivity index is 3.34. The molecule has 5 nitrogen and oxygen atoms in total. The van der Waals surface area contributed by atoms with Crippen LogP contribution in [0.25, 0.3) is 0 Å². The summed E-state index contributed by atoms with van der Waals surface area (Å²) in [7, 11) is 0. The molecular weight excluding hydrogens is 222 g/mol. The van der Waals surface area contributed by atoms with E-state index in [1.807, 2.05) is 0 Å². The lowest BCUT2D eigenvalue weighted by Crippen LogP contribution is -2.17. The molecule has 0 radical (unpaired) electrons. The van der Waals surface area contributed by atoms with Gasteiger partial charge in [0.15, 0.2) is 0 Å². The molecule has 0 rings (SSSR count). The third kappa shape index (κ3) is 10.9. The topological polar surface area (TPSA) is 64.6 Å². The molecule has 0 amide bonds. The molecule has 0 fully saturated rings. The number of hydrogen-bond acceptors (Lipinski definition) is 5. The summed E-state index contributed by atoms with van der Waals surface area (Å²) in [5, 5.41) is 3.08. The Morgan fingerprint density at radius 3 is 2.53 bits per heavy atom. The third-order valence-corrected chi connectivity index (χ3v) is 1.84. The van der Waals surface area contributed by atoms with Gasteiger partial charge in [-0.3, -0.25) is 4.79 Å². The van der Waals surface area contributed by atoms with E-state index in [4.69, 9.17) is 9.47 Å². The highest BCUT2D eigenvalue weighted by molar-refractivity contribution is 5.81. The molecule has 1 N–H and O–H groups in total. The Hall–Kier alpha value is -1.36. The van der Waals surface area contributed by atoms with Crippen molar-refractivity contribution in [2.75, 3.05) is 26.3 Å². The standard InChI is InChI=1S/C12H21NO4/c1-3-16-11(14)7-5-9-13-10-6-8-12(15)17-4-2/h5,7,13H,3-4,6,8-10H2,1-2H3/b7-5+. The van der Waals surface area contributed by atoms with E-state index >= 15 is 0 Å². The van der Waals surface area contributed by atoms with Crippen LogP contribution in [-0.4, -0.2) is 38.2 Å². The molecule has 0 bridgehead atoms. The van der Waals surface area contributed by atoms with Gasteiger partial charge in [0.25, 0.3) is 0 Å². The first-order valence-electron chi connectivity index (χ1n) is 5.90. The van der Waals surface area contributed by atoms with E-state index in [2.05, 4.69) is 5.32 Å². The highest BCUT2D eigenvalue weighted by Gasteiger charge is 1.99. The van der Waals surface area contributed by atoms with Gasteiger partial charge in [-0.2, -0.15) is 0 Å². The summed E-state index contributed by atoms with van der Waals surface area (Å²) in [4.78, 5) is 21.9. The SMILES string of the molecule is CCOC(=O)/C=C/CNCCCC(=O)OCC. The van der Waals surface area contributed by atoms with Crippen LogP contribution in [0, 0.1) is 0 Å². The minimum atomic E-state index is -0.333. The number of rotatable bonds is 9. The zero-order valence-electron chi connectivity index (χ0n) is 10.5. The Bertz CT molecular complexity index is 251. The van der Waals surface area contributed by atoms with Crippen molar-refractivity contribution in [2.45, 2.75) is 26.7 Å². The van der Waals surface area contributed by atoms with Crippen LogP contribution in [0.4, 0.5) is 0 Å². The number of carbonyl (C=O) groups excluding carboxylic acids is 2. The van der Waals surface area contributed by atoms with Gasteiger partial charge in [0.1, 0.15) is 0 Å². The number of ether oxygens (including phenoxy) is 2. The first-order valence-corrected chi connectivity index (χ1v) is 5.90. The van der Waals surface area contributed by atoms with Gasteiger partial charge in [-0.25, -0.2) is 4.79 Å². The highest BCUT2D eigenvalue weighted by Crippen LogP contribution is 1.91. The minimum absolute atomic E-state index is 0.170. The Labute approximate surface area is 102 Å². The zero-order chi connectivity index (χ0) is 12.9. The summed E-state index contributed by atoms with van der Waals surface area (Å²) in [5.74, 6) is -0.503. The van der Waals surface area contributed by atoms with Crippen molar-refractivity contribution in [2.24, 2.45) is 0 Å². The van der Waals surface area contributed by atoms with Crippen molar-refractivity contribution < 1.29 is 19.1 Å². The predicted molar refractivity (Wildman–Crippen MR) is 64.5 cm³/mol. The fraction of sp³-hybridized carbons (Fsp3) is 0.667. The number of hydrogen-bond donors (Lipinski definition) is 1. The lowest BCUT2D eigenvalue weighted by molar-refractivity contribution is -0.143. The fourth-order valence-corrected chi connectivity index (χ4v) is 1.12. The highest BCUT2D eigenvalue weighted by atomic mass is 16.5. The second kappa shape index (κ2) is 11.1. The molecule has 0 aromatic carbocycles. The monoisotopic (exact) mass is 243 g/mol. The number of esters is 2. The predicted octanol–water partition coefficient (Wildman–Crippen LogP) is 1.04. The van der Waals surface area contributed by atoms with Crippen molar-refractivity contribution in [3.8, 4) is 0 Å².